The molecule has 1 atom stereocenters. The number of nitrogens with two attached hydrogens (primary N) is 1. The molecule has 0 aromatic rings. The lowest BCUT2D eigenvalue weighted by atomic mass is 9.77. The quantitative estimate of drug-likeness (QED) is 0.558. The van der Waals surface area contributed by atoms with Gasteiger partial charge in [0.25, 0.3) is 0 Å². The molecule has 3 nitrogen and oxygen atoms in total. The van der Waals surface area contributed by atoms with Crippen LogP contribution in [0.1, 0.15) is 25.7 Å². The van der Waals surface area contributed by atoms with Gasteiger partial charge in [-0.15, -0.1) is 0 Å². The second kappa shape index (κ2) is 2.98. The summed E-state index contributed by atoms with van der Waals surface area (Å²) >= 11 is 0. The third-order valence-corrected chi connectivity index (χ3v) is 3.66. The van der Waals surface area contributed by atoms with Crippen molar-refractivity contribution < 1.29 is 5.11 Å². The van der Waals surface area contributed by atoms with Crippen molar-refractivity contribution in [1.29, 1.82) is 0 Å². The van der Waals surface area contributed by atoms with Gasteiger partial charge < -0.3 is 5.11 Å². The minimum Gasteiger partial charge on any atom is -0.396 e. The number of hydrogen-bond donors (Lipinski definition) is 2. The average molecular weight is 170 g/mol. The van der Waals surface area contributed by atoms with Crippen LogP contribution in [0.3, 0.4) is 0 Å². The Morgan fingerprint density at radius 1 is 1.42 bits per heavy atom. The van der Waals surface area contributed by atoms with Crippen LogP contribution in [0.25, 0.3) is 0 Å². The van der Waals surface area contributed by atoms with E-state index in [9.17, 15) is 5.11 Å². The van der Waals surface area contributed by atoms with Crippen LogP contribution in [0.15, 0.2) is 0 Å². The Hall–Kier alpha value is -0.120. The van der Waals surface area contributed by atoms with Crippen molar-refractivity contribution in [3.05, 3.63) is 0 Å². The summed E-state index contributed by atoms with van der Waals surface area (Å²) < 4.78 is 0. The molecule has 2 fully saturated rings. The topological polar surface area (TPSA) is 49.5 Å². The second-order valence-electron chi connectivity index (χ2n) is 4.38. The van der Waals surface area contributed by atoms with Crippen molar-refractivity contribution in [1.82, 2.24) is 5.01 Å². The van der Waals surface area contributed by atoms with E-state index in [4.69, 9.17) is 5.84 Å². The molecule has 1 saturated carbocycles. The van der Waals surface area contributed by atoms with Crippen molar-refractivity contribution in [3.8, 4) is 0 Å². The van der Waals surface area contributed by atoms with E-state index < -0.39 is 0 Å². The Labute approximate surface area is 73.5 Å². The zero-order valence-electron chi connectivity index (χ0n) is 7.50. The van der Waals surface area contributed by atoms with Gasteiger partial charge in [0.1, 0.15) is 0 Å². The molecule has 2 rings (SSSR count). The monoisotopic (exact) mass is 170 g/mol. The Morgan fingerprint density at radius 3 is 2.67 bits per heavy atom. The summed E-state index contributed by atoms with van der Waals surface area (Å²) in [7, 11) is 0. The predicted molar refractivity (Wildman–Crippen MR) is 47.2 cm³/mol. The molecule has 1 aliphatic heterocycles. The maximum Gasteiger partial charge on any atom is 0.0477 e. The number of aliphatic hydroxyl groups is 1. The maximum atomic E-state index is 9.23. The largest absolute Gasteiger partial charge is 0.396 e. The van der Waals surface area contributed by atoms with Crippen molar-refractivity contribution in [2.24, 2.45) is 17.2 Å². The molecule has 3 heteroatoms. The fraction of sp³-hybridized carbons (Fsp3) is 1.00. The first-order valence-corrected chi connectivity index (χ1v) is 4.87. The van der Waals surface area contributed by atoms with Crippen LogP contribution in [0.2, 0.25) is 0 Å². The van der Waals surface area contributed by atoms with Gasteiger partial charge >= 0.3 is 0 Å². The number of aliphatic hydroxyl groups excluding tert-OH is 1. The van der Waals surface area contributed by atoms with Crippen LogP contribution >= 0.6 is 0 Å². The van der Waals surface area contributed by atoms with E-state index in [1.807, 2.05) is 5.01 Å². The van der Waals surface area contributed by atoms with Crippen LogP contribution in [-0.2, 0) is 0 Å². The maximum absolute atomic E-state index is 9.23. The lowest BCUT2D eigenvalue weighted by Crippen LogP contribution is -2.31. The van der Waals surface area contributed by atoms with Crippen LogP contribution in [-0.4, -0.2) is 29.8 Å². The normalized spacial score (nSPS) is 35.0. The highest BCUT2D eigenvalue weighted by Crippen LogP contribution is 2.47. The summed E-state index contributed by atoms with van der Waals surface area (Å²) in [6.45, 7) is 2.20. The molecule has 0 aromatic carbocycles. The molecule has 0 amide bonds. The highest BCUT2D eigenvalue weighted by atomic mass is 16.3. The molecule has 0 bridgehead atoms. The Bertz CT molecular complexity index is 166. The molecule has 1 heterocycles. The predicted octanol–water partition coefficient (Wildman–Crippen LogP) is 0.345. The first kappa shape index (κ1) is 8.48. The summed E-state index contributed by atoms with van der Waals surface area (Å²) in [4.78, 5) is 0. The summed E-state index contributed by atoms with van der Waals surface area (Å²) in [6.07, 6.45) is 5.19. The smallest absolute Gasteiger partial charge is 0.0477 e. The summed E-state index contributed by atoms with van der Waals surface area (Å²) in [5.41, 5.74) is 0.378. The van der Waals surface area contributed by atoms with Gasteiger partial charge in [0.2, 0.25) is 0 Å². The molecular formula is C9H18N2O. The van der Waals surface area contributed by atoms with Crippen LogP contribution in [0.5, 0.6) is 0 Å². The van der Waals surface area contributed by atoms with Crippen LogP contribution < -0.4 is 5.84 Å². The Kier molecular flexibility index (Phi) is 2.10. The van der Waals surface area contributed by atoms with Crippen LogP contribution in [0.4, 0.5) is 0 Å². The van der Waals surface area contributed by atoms with Crippen molar-refractivity contribution in [3.63, 3.8) is 0 Å². The summed E-state index contributed by atoms with van der Waals surface area (Å²) in [5.74, 6) is 6.21. The average Bonchev–Trinajstić information content (AvgIpc) is 2.60. The van der Waals surface area contributed by atoms with Gasteiger partial charge in [-0.05, 0) is 18.3 Å². The lowest BCUT2D eigenvalue weighted by molar-refractivity contribution is 0.137. The summed E-state index contributed by atoms with van der Waals surface area (Å²) in [6, 6.07) is 0. The molecule has 70 valence electrons. The zero-order chi connectivity index (χ0) is 8.60. The van der Waals surface area contributed by atoms with Gasteiger partial charge in [-0.3, -0.25) is 5.84 Å². The van der Waals surface area contributed by atoms with Gasteiger partial charge in [0.05, 0.1) is 0 Å². The fourth-order valence-electron chi connectivity index (χ4n) is 2.97. The Balaban J connectivity index is 2.11. The second-order valence-corrected chi connectivity index (χ2v) is 4.38. The first-order chi connectivity index (χ1) is 5.77. The highest BCUT2D eigenvalue weighted by molar-refractivity contribution is 4.97. The molecule has 0 unspecified atom stereocenters. The van der Waals surface area contributed by atoms with Crippen molar-refractivity contribution >= 4 is 0 Å². The number of hydrazine groups is 1. The third-order valence-electron chi connectivity index (χ3n) is 3.66. The van der Waals surface area contributed by atoms with E-state index >= 15 is 0 Å². The molecule has 1 spiro atoms. The zero-order valence-corrected chi connectivity index (χ0v) is 7.50. The fourth-order valence-corrected chi connectivity index (χ4v) is 2.97. The van der Waals surface area contributed by atoms with Crippen LogP contribution in [0, 0.1) is 11.3 Å². The minimum atomic E-state index is 0.313. The van der Waals surface area contributed by atoms with Crippen molar-refractivity contribution in [2.45, 2.75) is 25.7 Å². The molecule has 1 aliphatic carbocycles. The van der Waals surface area contributed by atoms with E-state index in [-0.39, 0.29) is 0 Å². The third kappa shape index (κ3) is 1.16. The van der Waals surface area contributed by atoms with Gasteiger partial charge in [-0.1, -0.05) is 12.8 Å². The highest BCUT2D eigenvalue weighted by Gasteiger charge is 2.46. The van der Waals surface area contributed by atoms with Crippen molar-refractivity contribution in [2.75, 3.05) is 19.7 Å². The molecular weight excluding hydrogens is 152 g/mol. The van der Waals surface area contributed by atoms with E-state index in [2.05, 4.69) is 0 Å². The lowest BCUT2D eigenvalue weighted by Gasteiger charge is -2.28. The molecule has 1 saturated heterocycles. The molecule has 12 heavy (non-hydrogen) atoms. The number of rotatable bonds is 1. The van der Waals surface area contributed by atoms with Gasteiger partial charge in [0.15, 0.2) is 0 Å². The summed E-state index contributed by atoms with van der Waals surface area (Å²) in [5, 5.41) is 11.1. The number of hydrogen-bond acceptors (Lipinski definition) is 3. The molecule has 2 aliphatic rings. The van der Waals surface area contributed by atoms with E-state index in [1.54, 1.807) is 0 Å². The van der Waals surface area contributed by atoms with Gasteiger partial charge in [-0.25, -0.2) is 5.01 Å². The van der Waals surface area contributed by atoms with E-state index in [0.717, 1.165) is 13.1 Å². The Morgan fingerprint density at radius 2 is 2.08 bits per heavy atom. The van der Waals surface area contributed by atoms with E-state index in [0.29, 0.717) is 17.9 Å². The SMILES string of the molecule is NN1C[C@@H](CO)C2(CCCC2)C1. The molecule has 0 aromatic heterocycles. The van der Waals surface area contributed by atoms with Gasteiger partial charge in [0, 0.05) is 25.6 Å². The standard InChI is InChI=1S/C9H18N2O/c10-11-5-8(6-12)9(7-11)3-1-2-4-9/h8,12H,1-7,10H2/t8-/m0/s1. The van der Waals surface area contributed by atoms with Gasteiger partial charge in [-0.2, -0.15) is 0 Å². The molecule has 0 radical (unpaired) electrons. The molecule has 3 N–H and O–H groups in total. The number of nitrogens with zero attached hydrogens (tertiary/aromatic N) is 1. The first-order valence-electron chi connectivity index (χ1n) is 4.87. The van der Waals surface area contributed by atoms with E-state index in [1.165, 1.54) is 25.7 Å². The minimum absolute atomic E-state index is 0.313.